The van der Waals surface area contributed by atoms with E-state index in [0.29, 0.717) is 20.6 Å². The predicted octanol–water partition coefficient (Wildman–Crippen LogP) is 8.24. The number of hydrogen-bond acceptors (Lipinski definition) is 1. The Morgan fingerprint density at radius 2 is 0.846 bits per heavy atom. The van der Waals surface area contributed by atoms with Crippen molar-refractivity contribution in [1.82, 2.24) is 4.98 Å². The van der Waals surface area contributed by atoms with E-state index >= 15 is 0 Å². The topological polar surface area (TPSA) is 12.9 Å². The first-order chi connectivity index (χ1) is 11.4. The molecule has 0 radical (unpaired) electrons. The molecule has 0 aliphatic carbocycles. The largest absolute Gasteiger partial charge is 0.257 e. The highest BCUT2D eigenvalue weighted by atomic mass is 31.1. The highest BCUT2D eigenvalue weighted by Gasteiger charge is 2.36. The fourth-order valence-corrected chi connectivity index (χ4v) is 10.9. The monoisotopic (exact) mass is 395 g/mol. The summed E-state index contributed by atoms with van der Waals surface area (Å²) in [6.45, 7) is 28.7. The van der Waals surface area contributed by atoms with Crippen molar-refractivity contribution in [2.24, 2.45) is 0 Å². The summed E-state index contributed by atoms with van der Waals surface area (Å²) < 4.78 is 0. The van der Waals surface area contributed by atoms with Crippen LogP contribution in [0.25, 0.3) is 0 Å². The van der Waals surface area contributed by atoms with Crippen molar-refractivity contribution in [2.75, 3.05) is 0 Å². The van der Waals surface area contributed by atoms with Crippen molar-refractivity contribution in [1.29, 1.82) is 0 Å². The lowest BCUT2D eigenvalue weighted by Gasteiger charge is -2.42. The van der Waals surface area contributed by atoms with E-state index in [1.165, 1.54) is 11.4 Å². The third-order valence-electron chi connectivity index (χ3n) is 4.74. The fourth-order valence-electron chi connectivity index (χ4n) is 3.99. The van der Waals surface area contributed by atoms with Gasteiger partial charge in [0.1, 0.15) is 0 Å². The van der Waals surface area contributed by atoms with E-state index in [1.807, 2.05) is 0 Å². The third-order valence-corrected chi connectivity index (χ3v) is 12.5. The Hall–Kier alpha value is 0.01000. The second-order valence-corrected chi connectivity index (χ2v) is 19.2. The molecule has 0 saturated carbocycles. The molecule has 0 fully saturated rings. The van der Waals surface area contributed by atoms with Crippen LogP contribution in [0, 0.1) is 0 Å². The average molecular weight is 396 g/mol. The summed E-state index contributed by atoms with van der Waals surface area (Å²) >= 11 is 0. The van der Waals surface area contributed by atoms with Crippen molar-refractivity contribution < 1.29 is 0 Å². The van der Waals surface area contributed by atoms with E-state index in [9.17, 15) is 0 Å². The minimum atomic E-state index is -0.154. The van der Waals surface area contributed by atoms with Gasteiger partial charge in [0.05, 0.1) is 0 Å². The molecule has 0 bridgehead atoms. The van der Waals surface area contributed by atoms with Gasteiger partial charge in [-0.15, -0.1) is 0 Å². The molecule has 3 heteroatoms. The van der Waals surface area contributed by atoms with Crippen LogP contribution in [0.2, 0.25) is 0 Å². The van der Waals surface area contributed by atoms with Crippen molar-refractivity contribution in [2.45, 2.75) is 116 Å². The van der Waals surface area contributed by atoms with E-state index in [2.05, 4.69) is 101 Å². The average Bonchev–Trinajstić information content (AvgIpc) is 2.37. The van der Waals surface area contributed by atoms with Crippen LogP contribution in [-0.2, 0) is 12.3 Å². The van der Waals surface area contributed by atoms with Gasteiger partial charge >= 0.3 is 0 Å². The lowest BCUT2D eigenvalue weighted by Crippen LogP contribution is -2.26. The number of hydrogen-bond donors (Lipinski definition) is 0. The van der Waals surface area contributed by atoms with Gasteiger partial charge in [0.2, 0.25) is 0 Å². The summed E-state index contributed by atoms with van der Waals surface area (Å²) in [5.41, 5.74) is 2.58. The molecule has 0 saturated heterocycles. The summed E-state index contributed by atoms with van der Waals surface area (Å²) in [4.78, 5) is 5.14. The molecule has 150 valence electrons. The van der Waals surface area contributed by atoms with Crippen molar-refractivity contribution in [3.63, 3.8) is 0 Å². The molecule has 0 atom stereocenters. The van der Waals surface area contributed by atoms with Gasteiger partial charge in [0, 0.05) is 23.7 Å². The van der Waals surface area contributed by atoms with E-state index in [-0.39, 0.29) is 15.8 Å². The minimum absolute atomic E-state index is 0.154. The van der Waals surface area contributed by atoms with Crippen LogP contribution in [0.15, 0.2) is 18.2 Å². The number of rotatable bonds is 4. The highest BCUT2D eigenvalue weighted by Crippen LogP contribution is 2.62. The summed E-state index contributed by atoms with van der Waals surface area (Å²) in [5.74, 6) is 0. The zero-order chi connectivity index (χ0) is 20.6. The summed E-state index contributed by atoms with van der Waals surface area (Å²) in [6, 6.07) is 6.72. The van der Waals surface area contributed by atoms with Crippen LogP contribution in [0.4, 0.5) is 0 Å². The first kappa shape index (κ1) is 24.0. The van der Waals surface area contributed by atoms with E-state index < -0.39 is 0 Å². The van der Waals surface area contributed by atoms with Gasteiger partial charge in [-0.1, -0.05) is 105 Å². The number of pyridine rings is 1. The molecule has 0 amide bonds. The second kappa shape index (κ2) is 8.17. The third kappa shape index (κ3) is 7.20. The Morgan fingerprint density at radius 1 is 0.577 bits per heavy atom. The molecule has 1 rings (SSSR count). The SMILES string of the molecule is CC(C)(C)P(Cc1cccc(CP(C(C)(C)C)C(C)(C)C)n1)C(C)(C)C. The summed E-state index contributed by atoms with van der Waals surface area (Å²) in [5, 5.41) is 1.37. The zero-order valence-electron chi connectivity index (χ0n) is 19.5. The summed E-state index contributed by atoms with van der Waals surface area (Å²) in [7, 11) is -0.308. The Bertz CT molecular complexity index is 503. The molecule has 1 nitrogen and oxygen atoms in total. The normalized spacial score (nSPS) is 14.4. The van der Waals surface area contributed by atoms with Gasteiger partial charge in [-0.2, -0.15) is 0 Å². The Kier molecular flexibility index (Phi) is 7.56. The molecule has 26 heavy (non-hydrogen) atoms. The molecule has 0 unspecified atom stereocenters. The highest BCUT2D eigenvalue weighted by molar-refractivity contribution is 7.60. The van der Waals surface area contributed by atoms with Gasteiger partial charge in [-0.3, -0.25) is 4.98 Å². The zero-order valence-corrected chi connectivity index (χ0v) is 21.3. The van der Waals surface area contributed by atoms with Crippen LogP contribution in [0.1, 0.15) is 94.5 Å². The van der Waals surface area contributed by atoms with E-state index in [4.69, 9.17) is 4.98 Å². The lowest BCUT2D eigenvalue weighted by atomic mass is 10.2. The lowest BCUT2D eigenvalue weighted by molar-refractivity contribution is 0.699. The van der Waals surface area contributed by atoms with Crippen LogP contribution >= 0.6 is 15.8 Å². The van der Waals surface area contributed by atoms with Gasteiger partial charge in [0.15, 0.2) is 0 Å². The van der Waals surface area contributed by atoms with Gasteiger partial charge in [-0.25, -0.2) is 0 Å². The Morgan fingerprint density at radius 3 is 1.08 bits per heavy atom. The standard InChI is InChI=1S/C23H43NP2/c1-20(2,3)25(21(4,5)6)16-18-14-13-15-19(24-18)17-26(22(7,8)9)23(10,11)12/h13-15H,16-17H2,1-12H3. The molecule has 0 aliphatic heterocycles. The molecule has 0 spiro atoms. The first-order valence-corrected chi connectivity index (χ1v) is 13.0. The van der Waals surface area contributed by atoms with Crippen molar-refractivity contribution in [3.05, 3.63) is 29.6 Å². The molecule has 0 aromatic carbocycles. The molecular formula is C23H43NP2. The Labute approximate surface area is 166 Å². The predicted molar refractivity (Wildman–Crippen MR) is 124 cm³/mol. The number of aromatic nitrogens is 1. The van der Waals surface area contributed by atoms with Crippen LogP contribution in [0.3, 0.4) is 0 Å². The maximum atomic E-state index is 5.14. The van der Waals surface area contributed by atoms with Gasteiger partial charge < -0.3 is 0 Å². The molecular weight excluding hydrogens is 352 g/mol. The smallest absolute Gasteiger partial charge is 0.0450 e. The first-order valence-electron chi connectivity index (χ1n) is 9.93. The second-order valence-electron chi connectivity index (χ2n) is 11.5. The minimum Gasteiger partial charge on any atom is -0.257 e. The maximum Gasteiger partial charge on any atom is 0.0450 e. The molecule has 1 heterocycles. The molecule has 1 aromatic heterocycles. The van der Waals surface area contributed by atoms with Gasteiger partial charge in [0.25, 0.3) is 0 Å². The molecule has 1 aromatic rings. The van der Waals surface area contributed by atoms with Crippen LogP contribution in [0.5, 0.6) is 0 Å². The van der Waals surface area contributed by atoms with E-state index in [0.717, 1.165) is 12.3 Å². The van der Waals surface area contributed by atoms with Crippen molar-refractivity contribution in [3.8, 4) is 0 Å². The van der Waals surface area contributed by atoms with E-state index in [1.54, 1.807) is 0 Å². The van der Waals surface area contributed by atoms with Gasteiger partial charge in [-0.05, 0) is 32.8 Å². The van der Waals surface area contributed by atoms with Crippen LogP contribution in [-0.4, -0.2) is 25.6 Å². The number of nitrogens with zero attached hydrogens (tertiary/aromatic N) is 1. The molecule has 0 N–H and O–H groups in total. The van der Waals surface area contributed by atoms with Crippen molar-refractivity contribution >= 4 is 15.8 Å². The van der Waals surface area contributed by atoms with Crippen LogP contribution < -0.4 is 0 Å². The quantitative estimate of drug-likeness (QED) is 0.468. The maximum absolute atomic E-state index is 5.14. The Balaban J connectivity index is 3.11. The summed E-state index contributed by atoms with van der Waals surface area (Å²) in [6.07, 6.45) is 2.25. The fraction of sp³-hybridized carbons (Fsp3) is 0.783. The molecule has 0 aliphatic rings.